The van der Waals surface area contributed by atoms with Gasteiger partial charge in [0.15, 0.2) is 0 Å². The second-order valence-electron chi connectivity index (χ2n) is 4.63. The quantitative estimate of drug-likeness (QED) is 0.707. The van der Waals surface area contributed by atoms with Gasteiger partial charge < -0.3 is 19.7 Å². The first-order valence-electron chi connectivity index (χ1n) is 5.93. The third-order valence-corrected chi connectivity index (χ3v) is 2.98. The number of morpholine rings is 1. The molecule has 1 aliphatic rings. The lowest BCUT2D eigenvalue weighted by Crippen LogP contribution is -2.45. The fraction of sp³-hybridized carbons (Fsp3) is 0.500. The Labute approximate surface area is 102 Å². The van der Waals surface area contributed by atoms with E-state index in [1.807, 2.05) is 12.1 Å². The summed E-state index contributed by atoms with van der Waals surface area (Å²) >= 11 is 0. The molecule has 1 aromatic rings. The number of rotatable bonds is 2. The summed E-state index contributed by atoms with van der Waals surface area (Å²) in [5.74, 6) is 0. The van der Waals surface area contributed by atoms with Gasteiger partial charge in [-0.1, -0.05) is 12.1 Å². The summed E-state index contributed by atoms with van der Waals surface area (Å²) < 4.78 is 5.68. The predicted molar refractivity (Wildman–Crippen MR) is 68.5 cm³/mol. The highest BCUT2D eigenvalue weighted by molar-refractivity contribution is 6.58. The molecule has 92 valence electrons. The monoisotopic (exact) mass is 235 g/mol. The van der Waals surface area contributed by atoms with Gasteiger partial charge in [-0.05, 0) is 31.4 Å². The molecule has 2 rings (SSSR count). The van der Waals surface area contributed by atoms with Crippen LogP contribution in [0.2, 0.25) is 0 Å². The lowest BCUT2D eigenvalue weighted by molar-refractivity contribution is -0.00521. The number of hydrogen-bond acceptors (Lipinski definition) is 4. The number of anilines is 1. The van der Waals surface area contributed by atoms with Crippen LogP contribution < -0.4 is 10.4 Å². The Hall–Kier alpha value is -1.04. The highest BCUT2D eigenvalue weighted by Gasteiger charge is 2.22. The van der Waals surface area contributed by atoms with Gasteiger partial charge in [-0.15, -0.1) is 0 Å². The van der Waals surface area contributed by atoms with Crippen LogP contribution in [-0.2, 0) is 4.74 Å². The van der Waals surface area contributed by atoms with Crippen molar-refractivity contribution in [1.82, 2.24) is 0 Å². The second-order valence-corrected chi connectivity index (χ2v) is 4.63. The van der Waals surface area contributed by atoms with E-state index in [0.29, 0.717) is 5.46 Å². The van der Waals surface area contributed by atoms with Crippen LogP contribution in [0.1, 0.15) is 13.8 Å². The molecule has 17 heavy (non-hydrogen) atoms. The van der Waals surface area contributed by atoms with Crippen LogP contribution >= 0.6 is 0 Å². The Kier molecular flexibility index (Phi) is 3.71. The minimum atomic E-state index is -1.40. The summed E-state index contributed by atoms with van der Waals surface area (Å²) in [4.78, 5) is 2.26. The third kappa shape index (κ3) is 3.00. The number of benzene rings is 1. The molecule has 2 atom stereocenters. The molecule has 0 aromatic heterocycles. The summed E-state index contributed by atoms with van der Waals surface area (Å²) in [5, 5.41) is 18.1. The summed E-state index contributed by atoms with van der Waals surface area (Å²) in [5.41, 5.74) is 1.61. The van der Waals surface area contributed by atoms with E-state index >= 15 is 0 Å². The average molecular weight is 235 g/mol. The van der Waals surface area contributed by atoms with Gasteiger partial charge in [0.2, 0.25) is 0 Å². The molecule has 0 bridgehead atoms. The van der Waals surface area contributed by atoms with Gasteiger partial charge in [0.05, 0.1) is 12.2 Å². The van der Waals surface area contributed by atoms with Gasteiger partial charge in [0.25, 0.3) is 0 Å². The molecule has 1 heterocycles. The lowest BCUT2D eigenvalue weighted by Gasteiger charge is -2.36. The predicted octanol–water partition coefficient (Wildman–Crippen LogP) is -0.0200. The van der Waals surface area contributed by atoms with E-state index in [0.717, 1.165) is 18.8 Å². The molecular formula is C12H18BNO3. The first kappa shape index (κ1) is 12.4. The zero-order valence-corrected chi connectivity index (χ0v) is 10.2. The van der Waals surface area contributed by atoms with E-state index in [2.05, 4.69) is 18.7 Å². The van der Waals surface area contributed by atoms with E-state index in [1.165, 1.54) is 0 Å². The highest BCUT2D eigenvalue weighted by Crippen LogP contribution is 2.19. The molecule has 1 aliphatic heterocycles. The molecule has 1 aromatic carbocycles. The zero-order valence-electron chi connectivity index (χ0n) is 10.2. The van der Waals surface area contributed by atoms with Crippen molar-refractivity contribution in [3.8, 4) is 0 Å². The normalized spacial score (nSPS) is 24.8. The van der Waals surface area contributed by atoms with E-state index in [4.69, 9.17) is 14.8 Å². The topological polar surface area (TPSA) is 52.9 Å². The first-order chi connectivity index (χ1) is 8.06. The second kappa shape index (κ2) is 5.08. The van der Waals surface area contributed by atoms with Crippen molar-refractivity contribution >= 4 is 18.3 Å². The molecule has 2 N–H and O–H groups in total. The minimum Gasteiger partial charge on any atom is -0.423 e. The zero-order chi connectivity index (χ0) is 12.4. The molecular weight excluding hydrogens is 217 g/mol. The maximum absolute atomic E-state index is 9.03. The average Bonchev–Trinajstić information content (AvgIpc) is 2.28. The summed E-state index contributed by atoms with van der Waals surface area (Å²) in [6.07, 6.45) is 0.448. The molecule has 0 amide bonds. The summed E-state index contributed by atoms with van der Waals surface area (Å²) in [6.45, 7) is 5.86. The minimum absolute atomic E-state index is 0.224. The smallest absolute Gasteiger partial charge is 0.423 e. The molecule has 4 nitrogen and oxygen atoms in total. The molecule has 1 saturated heterocycles. The summed E-state index contributed by atoms with van der Waals surface area (Å²) in [7, 11) is -1.40. The molecule has 0 radical (unpaired) electrons. The van der Waals surface area contributed by atoms with Crippen LogP contribution in [-0.4, -0.2) is 42.5 Å². The lowest BCUT2D eigenvalue weighted by atomic mass is 9.80. The highest BCUT2D eigenvalue weighted by atomic mass is 16.5. The standard InChI is InChI=1S/C12H18BNO3/c1-9-7-14(8-10(2)17-9)12-5-3-11(4-6-12)13(15)16/h3-6,9-10,15-16H,7-8H2,1-2H3. The van der Waals surface area contributed by atoms with Crippen LogP contribution in [0.15, 0.2) is 24.3 Å². The maximum Gasteiger partial charge on any atom is 0.488 e. The van der Waals surface area contributed by atoms with E-state index in [-0.39, 0.29) is 12.2 Å². The Morgan fingerprint density at radius 2 is 1.65 bits per heavy atom. The van der Waals surface area contributed by atoms with Crippen molar-refractivity contribution in [1.29, 1.82) is 0 Å². The first-order valence-corrected chi connectivity index (χ1v) is 5.93. The largest absolute Gasteiger partial charge is 0.488 e. The van der Waals surface area contributed by atoms with Gasteiger partial charge in [-0.3, -0.25) is 0 Å². The number of nitrogens with zero attached hydrogens (tertiary/aromatic N) is 1. The van der Waals surface area contributed by atoms with Crippen LogP contribution in [0.25, 0.3) is 0 Å². The fourth-order valence-electron chi connectivity index (χ4n) is 2.25. The van der Waals surface area contributed by atoms with Crippen LogP contribution in [0.4, 0.5) is 5.69 Å². The van der Waals surface area contributed by atoms with Crippen molar-refractivity contribution in [2.45, 2.75) is 26.1 Å². The van der Waals surface area contributed by atoms with Gasteiger partial charge >= 0.3 is 7.12 Å². The maximum atomic E-state index is 9.03. The Balaban J connectivity index is 2.11. The molecule has 1 fully saturated rings. The Morgan fingerprint density at radius 3 is 2.12 bits per heavy atom. The van der Waals surface area contributed by atoms with E-state index in [1.54, 1.807) is 12.1 Å². The van der Waals surface area contributed by atoms with Crippen molar-refractivity contribution < 1.29 is 14.8 Å². The van der Waals surface area contributed by atoms with E-state index < -0.39 is 7.12 Å². The van der Waals surface area contributed by atoms with Gasteiger partial charge in [0.1, 0.15) is 0 Å². The van der Waals surface area contributed by atoms with Crippen molar-refractivity contribution in [3.63, 3.8) is 0 Å². The van der Waals surface area contributed by atoms with Crippen molar-refractivity contribution in [2.24, 2.45) is 0 Å². The van der Waals surface area contributed by atoms with Crippen LogP contribution in [0.5, 0.6) is 0 Å². The number of hydrogen-bond donors (Lipinski definition) is 2. The third-order valence-electron chi connectivity index (χ3n) is 2.98. The van der Waals surface area contributed by atoms with Crippen molar-refractivity contribution in [2.75, 3.05) is 18.0 Å². The molecule has 0 spiro atoms. The molecule has 0 saturated carbocycles. The number of ether oxygens (including phenoxy) is 1. The molecule has 2 unspecified atom stereocenters. The van der Waals surface area contributed by atoms with Gasteiger partial charge in [-0.2, -0.15) is 0 Å². The van der Waals surface area contributed by atoms with Crippen LogP contribution in [0.3, 0.4) is 0 Å². The SMILES string of the molecule is CC1CN(c2ccc(B(O)O)cc2)CC(C)O1. The van der Waals surface area contributed by atoms with Gasteiger partial charge in [0, 0.05) is 18.8 Å². The fourth-order valence-corrected chi connectivity index (χ4v) is 2.25. The van der Waals surface area contributed by atoms with Crippen molar-refractivity contribution in [3.05, 3.63) is 24.3 Å². The summed E-state index contributed by atoms with van der Waals surface area (Å²) in [6, 6.07) is 7.31. The Bertz CT molecular complexity index is 359. The molecule has 5 heteroatoms. The van der Waals surface area contributed by atoms with Crippen LogP contribution in [0, 0.1) is 0 Å². The van der Waals surface area contributed by atoms with Gasteiger partial charge in [-0.25, -0.2) is 0 Å². The van der Waals surface area contributed by atoms with E-state index in [9.17, 15) is 0 Å². The molecule has 0 aliphatic carbocycles. The Morgan fingerprint density at radius 1 is 1.12 bits per heavy atom.